The molecule has 256 valence electrons. The fraction of sp³-hybridized carbons (Fsp3) is 0. The van der Waals surface area contributed by atoms with Gasteiger partial charge in [0.2, 0.25) is 0 Å². The fourth-order valence-corrected chi connectivity index (χ4v) is 8.66. The van der Waals surface area contributed by atoms with Gasteiger partial charge in [0.05, 0.1) is 39.1 Å². The van der Waals surface area contributed by atoms with Gasteiger partial charge in [-0.25, -0.2) is 9.97 Å². The summed E-state index contributed by atoms with van der Waals surface area (Å²) in [5.41, 5.74) is 13.3. The molecule has 1 aliphatic heterocycles. The summed E-state index contributed by atoms with van der Waals surface area (Å²) in [6.45, 7) is 0. The van der Waals surface area contributed by atoms with Crippen molar-refractivity contribution in [3.63, 3.8) is 0 Å². The molecule has 0 saturated heterocycles. The largest absolute Gasteiger partial charge is 0.453 e. The van der Waals surface area contributed by atoms with Crippen molar-refractivity contribution in [1.82, 2.24) is 19.1 Å². The summed E-state index contributed by atoms with van der Waals surface area (Å²) in [7, 11) is 0. The Kier molecular flexibility index (Phi) is 6.27. The number of hydrogen-bond donors (Lipinski definition) is 0. The summed E-state index contributed by atoms with van der Waals surface area (Å²) < 4.78 is 11.3. The standard InChI is InChI=1S/C50H30N4O/c1-2-17-35(18-3-1)53-43-30-33(27-28-38(43)46-39-21-12-26-45-49(39)54(50(46)53)42-24-8-9-25-44(42)55-45)32-15-10-16-34(29-32)47-48(52-41-23-7-6-22-40(41)51-47)37-20-11-14-31-13-4-5-19-36(31)37/h1-30H. The third-order valence-corrected chi connectivity index (χ3v) is 11.1. The summed E-state index contributed by atoms with van der Waals surface area (Å²) in [5, 5.41) is 5.91. The van der Waals surface area contributed by atoms with Crippen LogP contribution in [0.25, 0.3) is 99.7 Å². The second-order valence-electron chi connectivity index (χ2n) is 14.2. The van der Waals surface area contributed by atoms with Crippen LogP contribution < -0.4 is 4.74 Å². The molecule has 0 spiro atoms. The Morgan fingerprint density at radius 3 is 2.02 bits per heavy atom. The topological polar surface area (TPSA) is 44.9 Å². The highest BCUT2D eigenvalue weighted by atomic mass is 16.5. The van der Waals surface area contributed by atoms with E-state index in [0.717, 1.165) is 89.6 Å². The molecule has 0 atom stereocenters. The van der Waals surface area contributed by atoms with Gasteiger partial charge in [-0.2, -0.15) is 0 Å². The van der Waals surface area contributed by atoms with E-state index in [2.05, 4.69) is 161 Å². The lowest BCUT2D eigenvalue weighted by Crippen LogP contribution is -2.07. The third-order valence-electron chi connectivity index (χ3n) is 11.1. The summed E-state index contributed by atoms with van der Waals surface area (Å²) in [5.74, 6) is 1.72. The Bertz CT molecular complexity index is 3350. The maximum Gasteiger partial charge on any atom is 0.152 e. The van der Waals surface area contributed by atoms with Crippen molar-refractivity contribution < 1.29 is 4.74 Å². The first-order chi connectivity index (χ1) is 27.3. The predicted molar refractivity (Wildman–Crippen MR) is 225 cm³/mol. The molecule has 12 rings (SSSR count). The number of fused-ring (bicyclic) bond motifs is 9. The summed E-state index contributed by atoms with van der Waals surface area (Å²) in [6, 6.07) is 64.1. The molecule has 55 heavy (non-hydrogen) atoms. The van der Waals surface area contributed by atoms with E-state index in [1.807, 2.05) is 30.3 Å². The van der Waals surface area contributed by atoms with E-state index < -0.39 is 0 Å². The Morgan fingerprint density at radius 2 is 1.11 bits per heavy atom. The predicted octanol–water partition coefficient (Wildman–Crippen LogP) is 12.9. The molecule has 11 aromatic rings. The van der Waals surface area contributed by atoms with Crippen LogP contribution in [0.4, 0.5) is 0 Å². The lowest BCUT2D eigenvalue weighted by molar-refractivity contribution is 0.476. The van der Waals surface area contributed by atoms with Crippen molar-refractivity contribution in [2.75, 3.05) is 0 Å². The Hall–Kier alpha value is -7.50. The van der Waals surface area contributed by atoms with Crippen LogP contribution in [0, 0.1) is 0 Å². The molecule has 0 N–H and O–H groups in total. The van der Waals surface area contributed by atoms with E-state index in [1.165, 1.54) is 21.5 Å². The second-order valence-corrected chi connectivity index (χ2v) is 14.2. The first-order valence-electron chi connectivity index (χ1n) is 18.6. The van der Waals surface area contributed by atoms with Gasteiger partial charge >= 0.3 is 0 Å². The van der Waals surface area contributed by atoms with Crippen molar-refractivity contribution in [1.29, 1.82) is 0 Å². The van der Waals surface area contributed by atoms with Crippen molar-refractivity contribution in [3.8, 4) is 56.5 Å². The fourth-order valence-electron chi connectivity index (χ4n) is 8.66. The van der Waals surface area contributed by atoms with Crippen LogP contribution in [0.1, 0.15) is 0 Å². The van der Waals surface area contributed by atoms with Crippen LogP contribution in [0.15, 0.2) is 182 Å². The lowest BCUT2D eigenvalue weighted by atomic mass is 9.96. The molecule has 0 saturated carbocycles. The van der Waals surface area contributed by atoms with Gasteiger partial charge in [-0.1, -0.05) is 127 Å². The van der Waals surface area contributed by atoms with Gasteiger partial charge in [0.1, 0.15) is 5.65 Å². The van der Waals surface area contributed by atoms with Crippen LogP contribution in [-0.2, 0) is 0 Å². The molecular formula is C50H30N4O. The number of rotatable bonds is 4. The molecule has 8 aromatic carbocycles. The molecular weight excluding hydrogens is 673 g/mol. The summed E-state index contributed by atoms with van der Waals surface area (Å²) in [4.78, 5) is 10.6. The van der Waals surface area contributed by atoms with Crippen molar-refractivity contribution in [2.24, 2.45) is 0 Å². The van der Waals surface area contributed by atoms with Gasteiger partial charge in [-0.3, -0.25) is 9.13 Å². The minimum Gasteiger partial charge on any atom is -0.453 e. The molecule has 0 bridgehead atoms. The van der Waals surface area contributed by atoms with Crippen molar-refractivity contribution >= 4 is 54.6 Å². The van der Waals surface area contributed by atoms with E-state index in [9.17, 15) is 0 Å². The van der Waals surface area contributed by atoms with Crippen LogP contribution in [0.2, 0.25) is 0 Å². The average Bonchev–Trinajstić information content (AvgIpc) is 3.77. The Labute approximate surface area is 316 Å². The van der Waals surface area contributed by atoms with Gasteiger partial charge < -0.3 is 4.74 Å². The van der Waals surface area contributed by atoms with E-state index in [-0.39, 0.29) is 0 Å². The highest BCUT2D eigenvalue weighted by Crippen LogP contribution is 2.49. The molecule has 0 fully saturated rings. The minimum absolute atomic E-state index is 0.849. The lowest BCUT2D eigenvalue weighted by Gasteiger charge is -2.21. The summed E-state index contributed by atoms with van der Waals surface area (Å²) >= 11 is 0. The van der Waals surface area contributed by atoms with E-state index >= 15 is 0 Å². The number of hydrogen-bond acceptors (Lipinski definition) is 3. The minimum atomic E-state index is 0.849. The Morgan fingerprint density at radius 1 is 0.436 bits per heavy atom. The number of benzene rings is 8. The normalized spacial score (nSPS) is 12.1. The Balaban J connectivity index is 1.10. The molecule has 5 heteroatoms. The first-order valence-corrected chi connectivity index (χ1v) is 18.6. The number of aromatic nitrogens is 4. The monoisotopic (exact) mass is 702 g/mol. The average molecular weight is 703 g/mol. The quantitative estimate of drug-likeness (QED) is 0.183. The van der Waals surface area contributed by atoms with Crippen LogP contribution >= 0.6 is 0 Å². The van der Waals surface area contributed by atoms with Crippen LogP contribution in [-0.4, -0.2) is 19.1 Å². The molecule has 0 aliphatic carbocycles. The van der Waals surface area contributed by atoms with E-state index in [4.69, 9.17) is 14.7 Å². The highest BCUT2D eigenvalue weighted by Gasteiger charge is 2.28. The molecule has 0 amide bonds. The third kappa shape index (κ3) is 4.41. The number of ether oxygens (including phenoxy) is 1. The van der Waals surface area contributed by atoms with Gasteiger partial charge in [-0.15, -0.1) is 0 Å². The van der Waals surface area contributed by atoms with E-state index in [1.54, 1.807) is 0 Å². The molecule has 0 unspecified atom stereocenters. The smallest absolute Gasteiger partial charge is 0.152 e. The number of nitrogens with zero attached hydrogens (tertiary/aromatic N) is 4. The van der Waals surface area contributed by atoms with Gasteiger partial charge in [-0.05, 0) is 76.5 Å². The van der Waals surface area contributed by atoms with Crippen molar-refractivity contribution in [2.45, 2.75) is 0 Å². The molecule has 4 heterocycles. The van der Waals surface area contributed by atoms with Crippen LogP contribution in [0.3, 0.4) is 0 Å². The zero-order valence-corrected chi connectivity index (χ0v) is 29.5. The first kappa shape index (κ1) is 30.0. The maximum atomic E-state index is 6.47. The highest BCUT2D eigenvalue weighted by molar-refractivity contribution is 6.24. The maximum absolute atomic E-state index is 6.47. The molecule has 3 aromatic heterocycles. The van der Waals surface area contributed by atoms with Crippen LogP contribution in [0.5, 0.6) is 11.5 Å². The zero-order valence-electron chi connectivity index (χ0n) is 29.5. The molecule has 1 aliphatic rings. The van der Waals surface area contributed by atoms with Gasteiger partial charge in [0.25, 0.3) is 0 Å². The SMILES string of the molecule is c1ccc(-n2c3cc(-c4cccc(-c5nc6ccccc6nc5-c5cccc6ccccc56)c4)ccc3c3c4cccc5c4n(c32)-c2ccccc2O5)cc1. The van der Waals surface area contributed by atoms with Crippen molar-refractivity contribution in [3.05, 3.63) is 182 Å². The molecule has 5 nitrogen and oxygen atoms in total. The summed E-state index contributed by atoms with van der Waals surface area (Å²) in [6.07, 6.45) is 0. The number of para-hydroxylation sites is 6. The second kappa shape index (κ2) is 11.5. The molecule has 0 radical (unpaired) electrons. The van der Waals surface area contributed by atoms with Gasteiger partial charge in [0, 0.05) is 33.0 Å². The zero-order chi connectivity index (χ0) is 36.0. The van der Waals surface area contributed by atoms with E-state index in [0.29, 0.717) is 0 Å². The van der Waals surface area contributed by atoms with Gasteiger partial charge in [0.15, 0.2) is 11.5 Å².